The van der Waals surface area contributed by atoms with Gasteiger partial charge >= 0.3 is 6.03 Å². The Labute approximate surface area is 108 Å². The summed E-state index contributed by atoms with van der Waals surface area (Å²) in [6.07, 6.45) is 3.57. The molecular formula is C13H21N3O2. The first kappa shape index (κ1) is 14.3. The third-order valence-electron chi connectivity index (χ3n) is 2.78. The van der Waals surface area contributed by atoms with Crippen molar-refractivity contribution in [3.05, 3.63) is 23.9 Å². The Kier molecular flexibility index (Phi) is 5.97. The molecule has 2 amide bonds. The molecule has 1 heterocycles. The third kappa shape index (κ3) is 4.61. The first-order valence-electron chi connectivity index (χ1n) is 6.22. The summed E-state index contributed by atoms with van der Waals surface area (Å²) >= 11 is 0. The van der Waals surface area contributed by atoms with Crippen LogP contribution in [0.4, 0.5) is 4.79 Å². The number of carbonyl (C=O) groups is 1. The van der Waals surface area contributed by atoms with Gasteiger partial charge in [-0.3, -0.25) is 0 Å². The summed E-state index contributed by atoms with van der Waals surface area (Å²) in [5, 5.41) is 5.72. The second kappa shape index (κ2) is 7.53. The minimum Gasteiger partial charge on any atom is -0.481 e. The van der Waals surface area contributed by atoms with E-state index < -0.39 is 0 Å². The maximum Gasteiger partial charge on any atom is 0.315 e. The van der Waals surface area contributed by atoms with Crippen molar-refractivity contribution in [2.75, 3.05) is 7.11 Å². The standard InChI is InChI=1S/C13H21N3O2/c1-4-11(5-2)16-13(17)15-9-10-6-7-12(18-3)14-8-10/h6-8,11H,4-5,9H2,1-3H3,(H2,15,16,17). The molecule has 0 saturated heterocycles. The molecule has 1 aromatic heterocycles. The number of urea groups is 1. The van der Waals surface area contributed by atoms with Crippen LogP contribution >= 0.6 is 0 Å². The predicted octanol–water partition coefficient (Wildman–Crippen LogP) is 2.08. The third-order valence-corrected chi connectivity index (χ3v) is 2.78. The number of pyridine rings is 1. The zero-order chi connectivity index (χ0) is 13.4. The largest absolute Gasteiger partial charge is 0.481 e. The number of aromatic nitrogens is 1. The minimum atomic E-state index is -0.139. The molecule has 0 atom stereocenters. The van der Waals surface area contributed by atoms with Gasteiger partial charge in [-0.2, -0.15) is 0 Å². The summed E-state index contributed by atoms with van der Waals surface area (Å²) in [4.78, 5) is 15.7. The van der Waals surface area contributed by atoms with Crippen molar-refractivity contribution in [1.82, 2.24) is 15.6 Å². The Morgan fingerprint density at radius 1 is 1.39 bits per heavy atom. The Balaban J connectivity index is 2.37. The molecule has 0 aromatic carbocycles. The van der Waals surface area contributed by atoms with Crippen molar-refractivity contribution in [3.63, 3.8) is 0 Å². The van der Waals surface area contributed by atoms with E-state index in [-0.39, 0.29) is 12.1 Å². The number of rotatable bonds is 6. The number of carbonyl (C=O) groups excluding carboxylic acids is 1. The molecule has 5 nitrogen and oxygen atoms in total. The number of nitrogens with one attached hydrogen (secondary N) is 2. The van der Waals surface area contributed by atoms with Crippen LogP contribution in [-0.4, -0.2) is 24.2 Å². The molecule has 5 heteroatoms. The van der Waals surface area contributed by atoms with E-state index in [2.05, 4.69) is 29.5 Å². The maximum absolute atomic E-state index is 11.6. The summed E-state index contributed by atoms with van der Waals surface area (Å²) in [5.74, 6) is 0.570. The van der Waals surface area contributed by atoms with Gasteiger partial charge < -0.3 is 15.4 Å². The van der Waals surface area contributed by atoms with E-state index in [4.69, 9.17) is 4.74 Å². The Bertz CT molecular complexity index is 361. The van der Waals surface area contributed by atoms with E-state index >= 15 is 0 Å². The Morgan fingerprint density at radius 2 is 2.11 bits per heavy atom. The average Bonchev–Trinajstić information content (AvgIpc) is 2.43. The highest BCUT2D eigenvalue weighted by atomic mass is 16.5. The molecule has 0 aliphatic carbocycles. The van der Waals surface area contributed by atoms with Crippen molar-refractivity contribution in [2.45, 2.75) is 39.3 Å². The van der Waals surface area contributed by atoms with Gasteiger partial charge in [0.1, 0.15) is 0 Å². The summed E-state index contributed by atoms with van der Waals surface area (Å²) in [6, 6.07) is 3.75. The molecule has 18 heavy (non-hydrogen) atoms. The smallest absolute Gasteiger partial charge is 0.315 e. The molecule has 0 radical (unpaired) electrons. The molecule has 0 bridgehead atoms. The van der Waals surface area contributed by atoms with Gasteiger partial charge in [0.15, 0.2) is 0 Å². The Hall–Kier alpha value is -1.78. The fourth-order valence-electron chi connectivity index (χ4n) is 1.55. The van der Waals surface area contributed by atoms with Crippen LogP contribution in [0.15, 0.2) is 18.3 Å². The topological polar surface area (TPSA) is 63.2 Å². The van der Waals surface area contributed by atoms with Gasteiger partial charge in [-0.15, -0.1) is 0 Å². The molecular weight excluding hydrogens is 230 g/mol. The fourth-order valence-corrected chi connectivity index (χ4v) is 1.55. The first-order chi connectivity index (χ1) is 8.69. The number of amides is 2. The zero-order valence-corrected chi connectivity index (χ0v) is 11.2. The van der Waals surface area contributed by atoms with Crippen LogP contribution in [-0.2, 0) is 6.54 Å². The minimum absolute atomic E-state index is 0.139. The van der Waals surface area contributed by atoms with E-state index in [9.17, 15) is 4.79 Å². The van der Waals surface area contributed by atoms with Gasteiger partial charge in [0.05, 0.1) is 7.11 Å². The Morgan fingerprint density at radius 3 is 2.61 bits per heavy atom. The van der Waals surface area contributed by atoms with Gasteiger partial charge in [-0.25, -0.2) is 9.78 Å². The lowest BCUT2D eigenvalue weighted by Crippen LogP contribution is -2.41. The van der Waals surface area contributed by atoms with Crippen LogP contribution in [0.3, 0.4) is 0 Å². The second-order valence-electron chi connectivity index (χ2n) is 4.05. The van der Waals surface area contributed by atoms with E-state index in [0.717, 1.165) is 18.4 Å². The van der Waals surface area contributed by atoms with Gasteiger partial charge in [-0.1, -0.05) is 19.9 Å². The number of nitrogens with zero attached hydrogens (tertiary/aromatic N) is 1. The molecule has 0 unspecified atom stereocenters. The van der Waals surface area contributed by atoms with Crippen LogP contribution < -0.4 is 15.4 Å². The van der Waals surface area contributed by atoms with E-state index in [1.54, 1.807) is 19.4 Å². The van der Waals surface area contributed by atoms with Gasteiger partial charge in [-0.05, 0) is 18.4 Å². The van der Waals surface area contributed by atoms with Crippen LogP contribution in [0, 0.1) is 0 Å². The van der Waals surface area contributed by atoms with Crippen molar-refractivity contribution in [3.8, 4) is 5.88 Å². The molecule has 0 aliphatic rings. The molecule has 0 aliphatic heterocycles. The van der Waals surface area contributed by atoms with Crippen LogP contribution in [0.1, 0.15) is 32.3 Å². The lowest BCUT2D eigenvalue weighted by molar-refractivity contribution is 0.235. The van der Waals surface area contributed by atoms with Crippen LogP contribution in [0.5, 0.6) is 5.88 Å². The van der Waals surface area contributed by atoms with E-state index in [1.165, 1.54) is 0 Å². The maximum atomic E-state index is 11.6. The van der Waals surface area contributed by atoms with Crippen LogP contribution in [0.25, 0.3) is 0 Å². The molecule has 2 N–H and O–H groups in total. The predicted molar refractivity (Wildman–Crippen MR) is 70.5 cm³/mol. The molecule has 1 aromatic rings. The monoisotopic (exact) mass is 251 g/mol. The molecule has 0 spiro atoms. The van der Waals surface area contributed by atoms with Gasteiger partial charge in [0.2, 0.25) is 5.88 Å². The highest BCUT2D eigenvalue weighted by Crippen LogP contribution is 2.06. The quantitative estimate of drug-likeness (QED) is 0.813. The number of methoxy groups -OCH3 is 1. The molecule has 100 valence electrons. The van der Waals surface area contributed by atoms with Gasteiger partial charge in [0.25, 0.3) is 0 Å². The van der Waals surface area contributed by atoms with Crippen molar-refractivity contribution in [1.29, 1.82) is 0 Å². The van der Waals surface area contributed by atoms with Crippen molar-refractivity contribution < 1.29 is 9.53 Å². The molecule has 1 rings (SSSR count). The zero-order valence-electron chi connectivity index (χ0n) is 11.2. The van der Waals surface area contributed by atoms with Crippen molar-refractivity contribution in [2.24, 2.45) is 0 Å². The summed E-state index contributed by atoms with van der Waals surface area (Å²) in [6.45, 7) is 4.58. The summed E-state index contributed by atoms with van der Waals surface area (Å²) in [5.41, 5.74) is 0.940. The second-order valence-corrected chi connectivity index (χ2v) is 4.05. The lowest BCUT2D eigenvalue weighted by atomic mass is 10.2. The highest BCUT2D eigenvalue weighted by molar-refractivity contribution is 5.74. The summed E-state index contributed by atoms with van der Waals surface area (Å²) in [7, 11) is 1.57. The normalized spacial score (nSPS) is 10.2. The summed E-state index contributed by atoms with van der Waals surface area (Å²) < 4.78 is 4.97. The lowest BCUT2D eigenvalue weighted by Gasteiger charge is -2.15. The fraction of sp³-hybridized carbons (Fsp3) is 0.538. The highest BCUT2D eigenvalue weighted by Gasteiger charge is 2.07. The molecule has 0 saturated carbocycles. The first-order valence-corrected chi connectivity index (χ1v) is 6.22. The number of ether oxygens (including phenoxy) is 1. The van der Waals surface area contributed by atoms with E-state index in [1.807, 2.05) is 6.07 Å². The van der Waals surface area contributed by atoms with Gasteiger partial charge in [0, 0.05) is 24.8 Å². The number of hydrogen-bond acceptors (Lipinski definition) is 3. The average molecular weight is 251 g/mol. The molecule has 0 fully saturated rings. The number of hydrogen-bond donors (Lipinski definition) is 2. The van der Waals surface area contributed by atoms with Crippen LogP contribution in [0.2, 0.25) is 0 Å². The van der Waals surface area contributed by atoms with Crippen molar-refractivity contribution >= 4 is 6.03 Å². The van der Waals surface area contributed by atoms with E-state index in [0.29, 0.717) is 12.4 Å². The SMILES string of the molecule is CCC(CC)NC(=O)NCc1ccc(OC)nc1.